The molecule has 61 heavy (non-hydrogen) atoms. The molecule has 3 aliphatic heterocycles. The predicted molar refractivity (Wildman–Crippen MR) is 246 cm³/mol. The molecule has 6 atom stereocenters. The highest BCUT2D eigenvalue weighted by Crippen LogP contribution is 2.36. The number of carbonyl (C=O) groups is 3. The van der Waals surface area contributed by atoms with E-state index in [0.717, 1.165) is 89.3 Å². The molecule has 3 aromatic carbocycles. The third-order valence-electron chi connectivity index (χ3n) is 13.3. The Hall–Kier alpha value is -4.21. The fraction of sp³-hybridized carbons (Fsp3) is 0.438. The maximum absolute atomic E-state index is 12.3. The molecule has 3 saturated heterocycles. The molecule has 9 rings (SSSR count). The van der Waals surface area contributed by atoms with Gasteiger partial charge < -0.3 is 31.3 Å². The van der Waals surface area contributed by atoms with Gasteiger partial charge in [0.05, 0.1) is 17.8 Å². The molecule has 6 N–H and O–H groups in total. The second-order valence-corrected chi connectivity index (χ2v) is 21.1. The van der Waals surface area contributed by atoms with Crippen molar-refractivity contribution >= 4 is 82.2 Å². The number of carboxylic acid groups (broad SMARTS) is 3. The molecule has 0 radical (unpaired) electrons. The molecule has 0 bridgehead atoms. The highest BCUT2D eigenvalue weighted by atomic mass is 32.1. The smallest absolute Gasteiger partial charge is 0.307 e. The van der Waals surface area contributed by atoms with Crippen LogP contribution in [0, 0.1) is 35.5 Å². The molecule has 3 aliphatic rings. The molecule has 0 amide bonds. The number of benzene rings is 3. The summed E-state index contributed by atoms with van der Waals surface area (Å²) in [4.78, 5) is 42.7. The van der Waals surface area contributed by atoms with Crippen LogP contribution in [-0.4, -0.2) is 77.4 Å². The standard InChI is InChI=1S/C48H54N4O6S3/c53-46(54)40(34-7-10-49-22-34)19-37-16-31-4-1-28(13-43(31)59-37)25-52(26-29-2-5-32-17-38(60-44(32)14-29)20-41(47(55)56)35-8-11-50-23-35)27-30-3-6-33-18-39(61-45(33)15-30)21-42(48(57)58)36-9-12-51-24-36/h1-6,13-18,34-36,40-42,49-51H,7-12,19-27H2,(H,53,54)(H,55,56)(H,57,58)/t34-,35-,36-,40-,41-,42-/m0/s1. The number of carboxylic acids is 3. The number of hydrogen-bond acceptors (Lipinski definition) is 10. The van der Waals surface area contributed by atoms with Gasteiger partial charge in [0.1, 0.15) is 0 Å². The Balaban J connectivity index is 0.966. The Morgan fingerprint density at radius 1 is 0.508 bits per heavy atom. The summed E-state index contributed by atoms with van der Waals surface area (Å²) >= 11 is 5.12. The van der Waals surface area contributed by atoms with E-state index in [0.29, 0.717) is 38.9 Å². The lowest BCUT2D eigenvalue weighted by Gasteiger charge is -2.23. The van der Waals surface area contributed by atoms with Gasteiger partial charge in [-0.2, -0.15) is 0 Å². The number of aliphatic carboxylic acids is 3. The van der Waals surface area contributed by atoms with Crippen LogP contribution in [0.5, 0.6) is 0 Å². The van der Waals surface area contributed by atoms with E-state index in [1.165, 1.54) is 30.8 Å². The van der Waals surface area contributed by atoms with Crippen LogP contribution in [0.3, 0.4) is 0 Å². The van der Waals surface area contributed by atoms with Gasteiger partial charge in [0.15, 0.2) is 0 Å². The van der Waals surface area contributed by atoms with Crippen molar-refractivity contribution < 1.29 is 29.7 Å². The lowest BCUT2D eigenvalue weighted by molar-refractivity contribution is -0.144. The van der Waals surface area contributed by atoms with Crippen molar-refractivity contribution in [3.8, 4) is 0 Å². The maximum Gasteiger partial charge on any atom is 0.307 e. The number of rotatable bonds is 18. The van der Waals surface area contributed by atoms with Crippen molar-refractivity contribution in [3.05, 3.63) is 104 Å². The van der Waals surface area contributed by atoms with Gasteiger partial charge in [-0.05, 0) is 165 Å². The average Bonchev–Trinajstić information content (AvgIpc) is 4.08. The molecule has 13 heteroatoms. The van der Waals surface area contributed by atoms with Crippen LogP contribution >= 0.6 is 34.0 Å². The van der Waals surface area contributed by atoms with Crippen LogP contribution in [-0.2, 0) is 53.3 Å². The minimum absolute atomic E-state index is 0.152. The van der Waals surface area contributed by atoms with Crippen LogP contribution in [0.15, 0.2) is 72.8 Å². The molecular weight excluding hydrogens is 825 g/mol. The van der Waals surface area contributed by atoms with Crippen LogP contribution in [0.4, 0.5) is 0 Å². The Bertz CT molecular complexity index is 2250. The summed E-state index contributed by atoms with van der Waals surface area (Å²) in [6.45, 7) is 7.04. The van der Waals surface area contributed by atoms with Crippen molar-refractivity contribution in [2.24, 2.45) is 35.5 Å². The first-order valence-electron chi connectivity index (χ1n) is 21.7. The molecule has 320 valence electrons. The topological polar surface area (TPSA) is 151 Å². The van der Waals surface area contributed by atoms with Crippen LogP contribution in [0.1, 0.15) is 50.6 Å². The fourth-order valence-electron chi connectivity index (χ4n) is 10.0. The van der Waals surface area contributed by atoms with E-state index >= 15 is 0 Å². The van der Waals surface area contributed by atoms with Gasteiger partial charge in [-0.1, -0.05) is 36.4 Å². The van der Waals surface area contributed by atoms with E-state index in [-0.39, 0.29) is 17.8 Å². The number of thiophene rings is 3. The highest BCUT2D eigenvalue weighted by Gasteiger charge is 2.33. The first kappa shape index (κ1) is 42.1. The van der Waals surface area contributed by atoms with Gasteiger partial charge in [-0.25, -0.2) is 0 Å². The van der Waals surface area contributed by atoms with Crippen molar-refractivity contribution in [2.45, 2.75) is 58.2 Å². The minimum Gasteiger partial charge on any atom is -0.481 e. The molecule has 3 fully saturated rings. The first-order chi connectivity index (χ1) is 29.6. The van der Waals surface area contributed by atoms with E-state index in [4.69, 9.17) is 0 Å². The second-order valence-electron chi connectivity index (χ2n) is 17.6. The second kappa shape index (κ2) is 18.6. The van der Waals surface area contributed by atoms with Gasteiger partial charge in [0.2, 0.25) is 0 Å². The summed E-state index contributed by atoms with van der Waals surface area (Å²) < 4.78 is 3.51. The zero-order valence-electron chi connectivity index (χ0n) is 34.2. The Morgan fingerprint density at radius 3 is 1.08 bits per heavy atom. The minimum atomic E-state index is -0.714. The summed E-state index contributed by atoms with van der Waals surface area (Å²) in [5.74, 6) is -2.86. The van der Waals surface area contributed by atoms with Crippen LogP contribution < -0.4 is 16.0 Å². The molecule has 0 spiro atoms. The largest absolute Gasteiger partial charge is 0.481 e. The zero-order chi connectivity index (χ0) is 42.0. The van der Waals surface area contributed by atoms with Crippen molar-refractivity contribution in [1.82, 2.24) is 20.9 Å². The lowest BCUT2D eigenvalue weighted by atomic mass is 9.88. The predicted octanol–water partition coefficient (Wildman–Crippen LogP) is 8.09. The summed E-state index contributed by atoms with van der Waals surface area (Å²) in [7, 11) is 0. The summed E-state index contributed by atoms with van der Waals surface area (Å²) in [5.41, 5.74) is 3.57. The highest BCUT2D eigenvalue weighted by molar-refractivity contribution is 7.19. The molecule has 6 aromatic rings. The van der Waals surface area contributed by atoms with E-state index in [1.807, 2.05) is 0 Å². The molecule has 6 heterocycles. The van der Waals surface area contributed by atoms with Crippen molar-refractivity contribution in [1.29, 1.82) is 0 Å². The van der Waals surface area contributed by atoms with E-state index in [9.17, 15) is 29.7 Å². The van der Waals surface area contributed by atoms with Gasteiger partial charge >= 0.3 is 17.9 Å². The maximum atomic E-state index is 12.3. The SMILES string of the molecule is O=C(O)[C@@H](Cc1cc2ccc(CN(Cc3ccc4cc(C[C@H](C(=O)O)[C@H]5CCNC5)sc4c3)Cc3ccc4cc(C[C@H](C(=O)O)[C@H]5CCNC5)sc4c3)cc2s1)[C@H]1CCNC1. The summed E-state index contributed by atoms with van der Waals surface area (Å²) in [6, 6.07) is 26.4. The number of hydrogen-bond donors (Lipinski definition) is 6. The molecule has 0 saturated carbocycles. The third-order valence-corrected chi connectivity index (χ3v) is 16.7. The number of nitrogens with one attached hydrogen (secondary N) is 3. The Morgan fingerprint density at radius 2 is 0.820 bits per heavy atom. The quantitative estimate of drug-likeness (QED) is 0.0500. The zero-order valence-corrected chi connectivity index (χ0v) is 36.7. The number of nitrogens with zero attached hydrogens (tertiary/aromatic N) is 1. The lowest BCUT2D eigenvalue weighted by Crippen LogP contribution is -2.27. The van der Waals surface area contributed by atoms with Gasteiger partial charge in [0, 0.05) is 48.4 Å². The molecule has 3 aromatic heterocycles. The third kappa shape index (κ3) is 9.88. The van der Waals surface area contributed by atoms with Crippen molar-refractivity contribution in [3.63, 3.8) is 0 Å². The Kier molecular flexibility index (Phi) is 12.9. The van der Waals surface area contributed by atoms with E-state index < -0.39 is 35.7 Å². The first-order valence-corrected chi connectivity index (χ1v) is 24.1. The molecule has 0 unspecified atom stereocenters. The Labute approximate surface area is 368 Å². The van der Waals surface area contributed by atoms with Crippen LogP contribution in [0.25, 0.3) is 30.3 Å². The van der Waals surface area contributed by atoms with Gasteiger partial charge in [0.25, 0.3) is 0 Å². The molecule has 0 aliphatic carbocycles. The van der Waals surface area contributed by atoms with Gasteiger partial charge in [-0.3, -0.25) is 19.3 Å². The van der Waals surface area contributed by atoms with Crippen LogP contribution in [0.2, 0.25) is 0 Å². The van der Waals surface area contributed by atoms with E-state index in [2.05, 4.69) is 93.6 Å². The number of fused-ring (bicyclic) bond motifs is 3. The van der Waals surface area contributed by atoms with Crippen molar-refractivity contribution in [2.75, 3.05) is 39.3 Å². The monoisotopic (exact) mass is 878 g/mol. The normalized spacial score (nSPS) is 20.9. The molecule has 10 nitrogen and oxygen atoms in total. The van der Waals surface area contributed by atoms with E-state index in [1.54, 1.807) is 34.0 Å². The molecular formula is C48H54N4O6S3. The fourth-order valence-corrected chi connectivity index (χ4v) is 13.6. The summed E-state index contributed by atoms with van der Waals surface area (Å²) in [5, 5.41) is 43.7. The van der Waals surface area contributed by atoms with Gasteiger partial charge in [-0.15, -0.1) is 34.0 Å². The summed E-state index contributed by atoms with van der Waals surface area (Å²) in [6.07, 6.45) is 4.34. The average molecular weight is 879 g/mol.